The molecule has 0 aliphatic heterocycles. The highest BCUT2D eigenvalue weighted by Crippen LogP contribution is 2.70. The van der Waals surface area contributed by atoms with E-state index >= 15 is 0 Å². The van der Waals surface area contributed by atoms with E-state index in [1.54, 1.807) is 0 Å². The highest BCUT2D eigenvalue weighted by molar-refractivity contribution is 5.30. The molecule has 4 aliphatic rings. The predicted octanol–water partition coefficient (Wildman–Crippen LogP) is 5.66. The van der Waals surface area contributed by atoms with Gasteiger partial charge in [0, 0.05) is 12.0 Å². The Morgan fingerprint density at radius 3 is 2.61 bits per heavy atom. The lowest BCUT2D eigenvalue weighted by molar-refractivity contribution is -0.220. The van der Waals surface area contributed by atoms with Crippen LogP contribution in [0, 0.1) is 28.6 Å². The molecule has 0 unspecified atom stereocenters. The molecule has 0 heterocycles. The van der Waals surface area contributed by atoms with Crippen molar-refractivity contribution in [3.63, 3.8) is 0 Å². The highest BCUT2D eigenvalue weighted by Gasteiger charge is 2.68. The molecule has 4 saturated carbocycles. The van der Waals surface area contributed by atoms with E-state index in [1.807, 2.05) is 0 Å². The minimum atomic E-state index is -0.593. The molecule has 31 heavy (non-hydrogen) atoms. The van der Waals surface area contributed by atoms with Crippen LogP contribution in [-0.4, -0.2) is 30.5 Å². The molecule has 0 amide bonds. The maximum absolute atomic E-state index is 12.6. The molecular formula is C28H43NO2. The summed E-state index contributed by atoms with van der Waals surface area (Å²) in [5.74, 6) is 2.40. The molecule has 4 fully saturated rings. The normalized spacial score (nSPS) is 44.4. The van der Waals surface area contributed by atoms with Crippen molar-refractivity contribution in [1.82, 2.24) is 0 Å². The van der Waals surface area contributed by atoms with E-state index < -0.39 is 5.60 Å². The molecule has 0 aromatic heterocycles. The molecule has 3 heteroatoms. The second-order valence-electron chi connectivity index (χ2n) is 11.6. The van der Waals surface area contributed by atoms with Gasteiger partial charge in [-0.25, -0.2) is 0 Å². The minimum Gasteiger partial charge on any atom is -0.389 e. The zero-order valence-corrected chi connectivity index (χ0v) is 19.5. The number of hydrogen-bond donors (Lipinski definition) is 2. The van der Waals surface area contributed by atoms with Crippen molar-refractivity contribution < 1.29 is 9.84 Å². The van der Waals surface area contributed by atoms with Crippen molar-refractivity contribution in [3.05, 3.63) is 35.9 Å². The van der Waals surface area contributed by atoms with Gasteiger partial charge in [-0.1, -0.05) is 50.1 Å². The lowest BCUT2D eigenvalue weighted by atomic mass is 9.43. The van der Waals surface area contributed by atoms with Gasteiger partial charge >= 0.3 is 0 Å². The Balaban J connectivity index is 1.49. The summed E-state index contributed by atoms with van der Waals surface area (Å²) in [6.07, 6.45) is 13.4. The van der Waals surface area contributed by atoms with Crippen LogP contribution >= 0.6 is 0 Å². The monoisotopic (exact) mass is 425 g/mol. The van der Waals surface area contributed by atoms with Crippen LogP contribution in [0.25, 0.3) is 0 Å². The summed E-state index contributed by atoms with van der Waals surface area (Å²) in [6.45, 7) is 4.66. The van der Waals surface area contributed by atoms with Crippen molar-refractivity contribution in [2.24, 2.45) is 34.3 Å². The third-order valence-electron chi connectivity index (χ3n) is 10.5. The number of benzene rings is 1. The standard InChI is InChI=1S/C28H43NO2/c1-26-15-6-5-10-22(26)11-12-25-24(26)13-16-27(20-31-19-7-18-29)23(14-17-28(25,27)30)21-8-3-2-4-9-21/h2-4,8-9,22-25,30H,5-7,10-20,29H2,1H3/t22-,23+,24-,25+,26-,27-,28-/m0/s1. The van der Waals surface area contributed by atoms with Gasteiger partial charge < -0.3 is 15.6 Å². The van der Waals surface area contributed by atoms with Gasteiger partial charge in [0.15, 0.2) is 0 Å². The molecule has 1 aromatic rings. The largest absolute Gasteiger partial charge is 0.389 e. The van der Waals surface area contributed by atoms with Crippen molar-refractivity contribution >= 4 is 0 Å². The van der Waals surface area contributed by atoms with E-state index in [4.69, 9.17) is 10.5 Å². The third kappa shape index (κ3) is 3.33. The SMILES string of the molecule is C[C@]12CCCC[C@H]1CC[C@@H]1[C@@H]2CC[C@]2(COCCCN)[C@@H](c3ccccc3)CC[C@]12O. The summed E-state index contributed by atoms with van der Waals surface area (Å²) in [5, 5.41) is 12.6. The van der Waals surface area contributed by atoms with Crippen LogP contribution in [0.2, 0.25) is 0 Å². The molecular weight excluding hydrogens is 382 g/mol. The van der Waals surface area contributed by atoms with Gasteiger partial charge in [0.25, 0.3) is 0 Å². The summed E-state index contributed by atoms with van der Waals surface area (Å²) in [4.78, 5) is 0. The molecule has 3 nitrogen and oxygen atoms in total. The van der Waals surface area contributed by atoms with Crippen LogP contribution in [0.3, 0.4) is 0 Å². The fraction of sp³-hybridized carbons (Fsp3) is 0.786. The molecule has 0 spiro atoms. The lowest BCUT2D eigenvalue weighted by Crippen LogP contribution is -2.63. The Labute approximate surface area is 189 Å². The second-order valence-corrected chi connectivity index (χ2v) is 11.6. The first kappa shape index (κ1) is 21.9. The predicted molar refractivity (Wildman–Crippen MR) is 126 cm³/mol. The van der Waals surface area contributed by atoms with Crippen molar-refractivity contribution in [3.8, 4) is 0 Å². The van der Waals surface area contributed by atoms with Crippen LogP contribution in [-0.2, 0) is 4.74 Å². The van der Waals surface area contributed by atoms with Gasteiger partial charge in [-0.15, -0.1) is 0 Å². The average Bonchev–Trinajstić information content (AvgIpc) is 3.10. The second kappa shape index (κ2) is 8.47. The van der Waals surface area contributed by atoms with E-state index in [2.05, 4.69) is 37.3 Å². The number of nitrogens with two attached hydrogens (primary N) is 1. The molecule has 0 bridgehead atoms. The van der Waals surface area contributed by atoms with Gasteiger partial charge in [0.05, 0.1) is 12.2 Å². The van der Waals surface area contributed by atoms with E-state index in [-0.39, 0.29) is 5.41 Å². The van der Waals surface area contributed by atoms with Gasteiger partial charge in [-0.3, -0.25) is 0 Å². The Hall–Kier alpha value is -0.900. The van der Waals surface area contributed by atoms with Crippen molar-refractivity contribution in [1.29, 1.82) is 0 Å². The summed E-state index contributed by atoms with van der Waals surface area (Å²) in [6, 6.07) is 11.0. The zero-order valence-electron chi connectivity index (χ0n) is 19.5. The van der Waals surface area contributed by atoms with Crippen molar-refractivity contribution in [2.45, 2.75) is 89.1 Å². The molecule has 3 N–H and O–H groups in total. The molecule has 7 atom stereocenters. The van der Waals surface area contributed by atoms with Crippen LogP contribution in [0.5, 0.6) is 0 Å². The molecule has 1 aromatic carbocycles. The molecule has 172 valence electrons. The van der Waals surface area contributed by atoms with Crippen LogP contribution < -0.4 is 5.73 Å². The molecule has 0 saturated heterocycles. The summed E-state index contributed by atoms with van der Waals surface area (Å²) >= 11 is 0. The topological polar surface area (TPSA) is 55.5 Å². The third-order valence-corrected chi connectivity index (χ3v) is 10.5. The maximum atomic E-state index is 12.6. The summed E-state index contributed by atoms with van der Waals surface area (Å²) < 4.78 is 6.31. The van der Waals surface area contributed by atoms with E-state index in [0.29, 0.717) is 42.9 Å². The van der Waals surface area contributed by atoms with Crippen LogP contribution in [0.4, 0.5) is 0 Å². The van der Waals surface area contributed by atoms with Crippen molar-refractivity contribution in [2.75, 3.05) is 19.8 Å². The quantitative estimate of drug-likeness (QED) is 0.578. The Kier molecular flexibility index (Phi) is 5.99. The fourth-order valence-electron chi connectivity index (χ4n) is 8.99. The molecule has 5 rings (SSSR count). The lowest BCUT2D eigenvalue weighted by Gasteiger charge is -2.64. The molecule has 0 radical (unpaired) electrons. The number of aliphatic hydroxyl groups is 1. The summed E-state index contributed by atoms with van der Waals surface area (Å²) in [7, 11) is 0. The summed E-state index contributed by atoms with van der Waals surface area (Å²) in [5.41, 5.74) is 6.83. The smallest absolute Gasteiger partial charge is 0.0762 e. The van der Waals surface area contributed by atoms with Gasteiger partial charge in [0.2, 0.25) is 0 Å². The Morgan fingerprint density at radius 2 is 1.81 bits per heavy atom. The van der Waals surface area contributed by atoms with Gasteiger partial charge in [0.1, 0.15) is 0 Å². The van der Waals surface area contributed by atoms with Gasteiger partial charge in [-0.05, 0) is 99.0 Å². The first-order chi connectivity index (χ1) is 15.1. The Bertz CT molecular complexity index is 753. The minimum absolute atomic E-state index is 0.151. The van der Waals surface area contributed by atoms with Crippen LogP contribution in [0.15, 0.2) is 30.3 Å². The number of fused-ring (bicyclic) bond motifs is 5. The van der Waals surface area contributed by atoms with Gasteiger partial charge in [-0.2, -0.15) is 0 Å². The molecule has 4 aliphatic carbocycles. The number of ether oxygens (including phenoxy) is 1. The number of hydrogen-bond acceptors (Lipinski definition) is 3. The zero-order chi connectivity index (χ0) is 21.5. The van der Waals surface area contributed by atoms with E-state index in [1.165, 1.54) is 50.5 Å². The average molecular weight is 426 g/mol. The number of rotatable bonds is 6. The highest BCUT2D eigenvalue weighted by atomic mass is 16.5. The first-order valence-electron chi connectivity index (χ1n) is 13.1. The van der Waals surface area contributed by atoms with E-state index in [0.717, 1.165) is 31.6 Å². The maximum Gasteiger partial charge on any atom is 0.0762 e. The van der Waals surface area contributed by atoms with E-state index in [9.17, 15) is 5.11 Å². The fourth-order valence-corrected chi connectivity index (χ4v) is 8.99. The first-order valence-corrected chi connectivity index (χ1v) is 13.1. The Morgan fingerprint density at radius 1 is 0.968 bits per heavy atom. The van der Waals surface area contributed by atoms with Crippen LogP contribution in [0.1, 0.15) is 89.0 Å².